The van der Waals surface area contributed by atoms with E-state index in [-0.39, 0.29) is 17.2 Å². The van der Waals surface area contributed by atoms with Crippen molar-refractivity contribution in [3.05, 3.63) is 34.2 Å². The maximum Gasteiger partial charge on any atom is 0.257 e. The summed E-state index contributed by atoms with van der Waals surface area (Å²) >= 11 is 0. The number of nitrogens with one attached hydrogen (secondary N) is 1. The molecule has 7 heteroatoms. The smallest absolute Gasteiger partial charge is 0.257 e. The largest absolute Gasteiger partial charge is 0.369 e. The molecule has 0 aromatic carbocycles. The minimum Gasteiger partial charge on any atom is -0.369 e. The third-order valence-corrected chi connectivity index (χ3v) is 6.66. The van der Waals surface area contributed by atoms with Crippen LogP contribution in [0.4, 0.5) is 0 Å². The van der Waals surface area contributed by atoms with Crippen molar-refractivity contribution in [1.29, 1.82) is 0 Å². The molecule has 0 spiro atoms. The number of H-pyrrole nitrogens is 1. The zero-order valence-electron chi connectivity index (χ0n) is 16.3. The normalized spacial score (nSPS) is 30.4. The number of ketones is 1. The molecule has 2 fully saturated rings. The van der Waals surface area contributed by atoms with Crippen molar-refractivity contribution < 1.29 is 9.59 Å². The molecule has 3 aliphatic rings. The van der Waals surface area contributed by atoms with Crippen LogP contribution in [0.5, 0.6) is 0 Å². The van der Waals surface area contributed by atoms with Gasteiger partial charge in [0.15, 0.2) is 11.7 Å². The first-order valence-corrected chi connectivity index (χ1v) is 10.2. The molecule has 3 N–H and O–H groups in total. The summed E-state index contributed by atoms with van der Waals surface area (Å²) in [5.74, 6) is 1.44. The third-order valence-electron chi connectivity index (χ3n) is 6.66. The van der Waals surface area contributed by atoms with E-state index in [0.29, 0.717) is 35.7 Å². The van der Waals surface area contributed by atoms with Gasteiger partial charge in [-0.2, -0.15) is 0 Å². The van der Waals surface area contributed by atoms with Crippen LogP contribution in [0.1, 0.15) is 61.7 Å². The number of Topliss-reactive ketones (excluding diaryl/α,β-unsaturated/α-hetero) is 1. The van der Waals surface area contributed by atoms with E-state index in [0.717, 1.165) is 44.9 Å². The van der Waals surface area contributed by atoms with Gasteiger partial charge in [-0.15, -0.1) is 0 Å². The number of likely N-dealkylation sites (N-methyl/N-ethyl adjacent to an activating group) is 1. The molecule has 2 heterocycles. The van der Waals surface area contributed by atoms with Crippen molar-refractivity contribution in [1.82, 2.24) is 9.88 Å². The lowest BCUT2D eigenvalue weighted by atomic mass is 9.72. The van der Waals surface area contributed by atoms with Gasteiger partial charge in [-0.05, 0) is 55.9 Å². The molecule has 0 bridgehead atoms. The Kier molecular flexibility index (Phi) is 4.85. The fourth-order valence-electron chi connectivity index (χ4n) is 5.03. The van der Waals surface area contributed by atoms with E-state index in [1.54, 1.807) is 13.1 Å². The zero-order valence-corrected chi connectivity index (χ0v) is 16.3. The van der Waals surface area contributed by atoms with Crippen LogP contribution in [0.15, 0.2) is 28.1 Å². The van der Waals surface area contributed by atoms with E-state index < -0.39 is 5.54 Å². The van der Waals surface area contributed by atoms with Crippen molar-refractivity contribution in [2.45, 2.75) is 56.9 Å². The lowest BCUT2D eigenvalue weighted by Crippen LogP contribution is -2.45. The molecule has 1 aliphatic heterocycles. The minimum absolute atomic E-state index is 0.0407. The Hall–Kier alpha value is -2.44. The second-order valence-corrected chi connectivity index (χ2v) is 8.70. The number of amides is 1. The van der Waals surface area contributed by atoms with Gasteiger partial charge < -0.3 is 10.7 Å². The van der Waals surface area contributed by atoms with Crippen LogP contribution >= 0.6 is 0 Å². The van der Waals surface area contributed by atoms with E-state index in [1.165, 1.54) is 17.2 Å². The molecule has 1 aromatic heterocycles. The highest BCUT2D eigenvalue weighted by atomic mass is 16.2. The predicted octanol–water partition coefficient (Wildman–Crippen LogP) is 2.08. The van der Waals surface area contributed by atoms with E-state index in [4.69, 9.17) is 5.73 Å². The second-order valence-electron chi connectivity index (χ2n) is 8.70. The summed E-state index contributed by atoms with van der Waals surface area (Å²) in [6.07, 6.45) is 8.91. The molecule has 4 rings (SSSR count). The number of nitrogens with two attached hydrogens (primary N) is 1. The highest BCUT2D eigenvalue weighted by molar-refractivity contribution is 6.06. The van der Waals surface area contributed by atoms with E-state index in [9.17, 15) is 14.4 Å². The fourth-order valence-corrected chi connectivity index (χ4v) is 5.03. The molecule has 2 aliphatic carbocycles. The lowest BCUT2D eigenvalue weighted by molar-refractivity contribution is -0.131. The van der Waals surface area contributed by atoms with Crippen LogP contribution in [0.3, 0.4) is 0 Å². The van der Waals surface area contributed by atoms with Crippen molar-refractivity contribution in [3.63, 3.8) is 0 Å². The summed E-state index contributed by atoms with van der Waals surface area (Å²) in [4.78, 5) is 45.4. The lowest BCUT2D eigenvalue weighted by Gasteiger charge is -2.34. The number of hydrogen-bond donors (Lipinski definition) is 2. The number of guanidine groups is 1. The number of rotatable bonds is 6. The molecule has 0 radical (unpaired) electrons. The predicted molar refractivity (Wildman–Crippen MR) is 106 cm³/mol. The van der Waals surface area contributed by atoms with Gasteiger partial charge >= 0.3 is 0 Å². The molecule has 7 nitrogen and oxygen atoms in total. The summed E-state index contributed by atoms with van der Waals surface area (Å²) in [5.41, 5.74) is 5.65. The van der Waals surface area contributed by atoms with Crippen molar-refractivity contribution in [3.8, 4) is 0 Å². The van der Waals surface area contributed by atoms with Crippen LogP contribution < -0.4 is 11.3 Å². The first-order valence-electron chi connectivity index (χ1n) is 10.2. The minimum atomic E-state index is -0.672. The molecule has 3 atom stereocenters. The first-order chi connectivity index (χ1) is 13.4. The number of hydrogen-bond acceptors (Lipinski definition) is 5. The summed E-state index contributed by atoms with van der Waals surface area (Å²) in [6.45, 7) is 0. The van der Waals surface area contributed by atoms with E-state index >= 15 is 0 Å². The standard InChI is InChI=1S/C21H28N4O3/c1-25-19(28)21(16-6-7-16,24-20(25)22)11-14-4-2-3-13(9-14)10-17(26)15-5-8-18(27)23-12-15/h5,8,12-14,16H,2-4,6-7,9-11H2,1H3,(H2,22,24)(H,23,27)/t13-,14+,21-/m1/s1. The molecular weight excluding hydrogens is 356 g/mol. The van der Waals surface area contributed by atoms with Crippen molar-refractivity contribution >= 4 is 17.6 Å². The van der Waals surface area contributed by atoms with Crippen molar-refractivity contribution in [2.24, 2.45) is 28.5 Å². The Morgan fingerprint density at radius 3 is 2.61 bits per heavy atom. The number of aromatic nitrogens is 1. The Morgan fingerprint density at radius 1 is 1.25 bits per heavy atom. The Bertz CT molecular complexity index is 852. The van der Waals surface area contributed by atoms with Gasteiger partial charge in [0.25, 0.3) is 5.91 Å². The number of pyridine rings is 1. The average Bonchev–Trinajstić information content (AvgIpc) is 3.49. The monoisotopic (exact) mass is 384 g/mol. The number of aromatic amines is 1. The van der Waals surface area contributed by atoms with Gasteiger partial charge in [-0.1, -0.05) is 12.8 Å². The van der Waals surface area contributed by atoms with E-state index in [2.05, 4.69) is 9.98 Å². The molecule has 1 amide bonds. The topological polar surface area (TPSA) is 109 Å². The van der Waals surface area contributed by atoms with Gasteiger partial charge in [0.2, 0.25) is 5.56 Å². The quantitative estimate of drug-likeness (QED) is 0.732. The van der Waals surface area contributed by atoms with Gasteiger partial charge in [-0.25, -0.2) is 4.99 Å². The molecule has 0 saturated heterocycles. The van der Waals surface area contributed by atoms with Gasteiger partial charge in [0, 0.05) is 31.3 Å². The molecule has 1 aromatic rings. The summed E-state index contributed by atoms with van der Waals surface area (Å²) in [5, 5.41) is 0. The number of nitrogens with zero attached hydrogens (tertiary/aromatic N) is 2. The van der Waals surface area contributed by atoms with Crippen LogP contribution in [0.2, 0.25) is 0 Å². The number of carbonyl (C=O) groups is 2. The molecular formula is C21H28N4O3. The first kappa shape index (κ1) is 18.9. The average molecular weight is 384 g/mol. The van der Waals surface area contributed by atoms with Crippen LogP contribution in [0, 0.1) is 17.8 Å². The second kappa shape index (κ2) is 7.18. The van der Waals surface area contributed by atoms with Crippen LogP contribution in [-0.4, -0.2) is 40.1 Å². The number of carbonyl (C=O) groups excluding carboxylic acids is 2. The van der Waals surface area contributed by atoms with Gasteiger partial charge in [0.05, 0.1) is 0 Å². The Balaban J connectivity index is 1.42. The summed E-state index contributed by atoms with van der Waals surface area (Å²) in [7, 11) is 1.71. The summed E-state index contributed by atoms with van der Waals surface area (Å²) in [6, 6.07) is 2.98. The zero-order chi connectivity index (χ0) is 19.9. The fraction of sp³-hybridized carbons (Fsp3) is 0.619. The Morgan fingerprint density at radius 2 is 2.00 bits per heavy atom. The highest BCUT2D eigenvalue weighted by Crippen LogP contribution is 2.50. The van der Waals surface area contributed by atoms with Crippen LogP contribution in [0.25, 0.3) is 0 Å². The maximum atomic E-state index is 12.9. The van der Waals surface area contributed by atoms with E-state index in [1.807, 2.05) is 0 Å². The van der Waals surface area contributed by atoms with Crippen LogP contribution in [-0.2, 0) is 4.79 Å². The molecule has 150 valence electrons. The maximum absolute atomic E-state index is 12.9. The highest BCUT2D eigenvalue weighted by Gasteiger charge is 2.56. The molecule has 2 saturated carbocycles. The third kappa shape index (κ3) is 3.50. The molecule has 0 unspecified atom stereocenters. The molecule has 28 heavy (non-hydrogen) atoms. The van der Waals surface area contributed by atoms with Gasteiger partial charge in [-0.3, -0.25) is 19.3 Å². The number of aliphatic imine (C=N–C) groups is 1. The van der Waals surface area contributed by atoms with Gasteiger partial charge in [0.1, 0.15) is 5.54 Å². The summed E-state index contributed by atoms with van der Waals surface area (Å²) < 4.78 is 0. The SMILES string of the molecule is CN1C(=O)[C@@](C[C@H]2CCC[C@@H](CC(=O)c3ccc(=O)[nH]c3)C2)(C2CC2)N=C1N. The van der Waals surface area contributed by atoms with Crippen molar-refractivity contribution in [2.75, 3.05) is 7.05 Å². The Labute approximate surface area is 164 Å².